The summed E-state index contributed by atoms with van der Waals surface area (Å²) < 4.78 is 0. The molecule has 1 N–H and O–H groups in total. The Morgan fingerprint density at radius 1 is 1.50 bits per heavy atom. The van der Waals surface area contributed by atoms with Gasteiger partial charge in [-0.15, -0.1) is 11.3 Å². The molecule has 0 bridgehead atoms. The minimum Gasteiger partial charge on any atom is -0.340 e. The van der Waals surface area contributed by atoms with Crippen LogP contribution in [0.25, 0.3) is 10.6 Å². The van der Waals surface area contributed by atoms with Crippen molar-refractivity contribution in [2.45, 2.75) is 31.8 Å². The van der Waals surface area contributed by atoms with E-state index in [0.29, 0.717) is 25.6 Å². The molecule has 1 unspecified atom stereocenters. The number of nitrogens with zero attached hydrogens (tertiary/aromatic N) is 3. The maximum absolute atomic E-state index is 12.6. The second-order valence-corrected chi connectivity index (χ2v) is 7.58. The SMILES string of the molecule is CN(Cc1cc(-c2cccs2)n[nH]1)C(=O)C1CC(=O)N(C2CC2)C1. The summed E-state index contributed by atoms with van der Waals surface area (Å²) in [5, 5.41) is 9.33. The summed E-state index contributed by atoms with van der Waals surface area (Å²) in [7, 11) is 1.79. The molecule has 2 aromatic heterocycles. The zero-order valence-electron chi connectivity index (χ0n) is 13.6. The van der Waals surface area contributed by atoms with Crippen molar-refractivity contribution in [3.63, 3.8) is 0 Å². The van der Waals surface area contributed by atoms with Gasteiger partial charge in [-0.1, -0.05) is 6.07 Å². The summed E-state index contributed by atoms with van der Waals surface area (Å²) >= 11 is 1.64. The van der Waals surface area contributed by atoms with E-state index in [0.717, 1.165) is 29.1 Å². The van der Waals surface area contributed by atoms with Crippen molar-refractivity contribution >= 4 is 23.2 Å². The summed E-state index contributed by atoms with van der Waals surface area (Å²) in [6.07, 6.45) is 2.52. The molecule has 7 heteroatoms. The predicted molar refractivity (Wildman–Crippen MR) is 91.2 cm³/mol. The van der Waals surface area contributed by atoms with Gasteiger partial charge in [0.25, 0.3) is 0 Å². The zero-order chi connectivity index (χ0) is 16.7. The van der Waals surface area contributed by atoms with Crippen molar-refractivity contribution in [1.82, 2.24) is 20.0 Å². The number of H-pyrrole nitrogens is 1. The van der Waals surface area contributed by atoms with Gasteiger partial charge < -0.3 is 9.80 Å². The van der Waals surface area contributed by atoms with Gasteiger partial charge in [-0.05, 0) is 30.4 Å². The van der Waals surface area contributed by atoms with Crippen molar-refractivity contribution in [3.05, 3.63) is 29.3 Å². The molecule has 126 valence electrons. The van der Waals surface area contributed by atoms with E-state index in [1.54, 1.807) is 23.3 Å². The highest BCUT2D eigenvalue weighted by molar-refractivity contribution is 7.13. The Bertz CT molecular complexity index is 750. The highest BCUT2D eigenvalue weighted by Gasteiger charge is 2.42. The number of carbonyl (C=O) groups excluding carboxylic acids is 2. The number of nitrogens with one attached hydrogen (secondary N) is 1. The van der Waals surface area contributed by atoms with Crippen molar-refractivity contribution < 1.29 is 9.59 Å². The number of aromatic amines is 1. The van der Waals surface area contributed by atoms with Gasteiger partial charge in [0.05, 0.1) is 23.0 Å². The fourth-order valence-corrected chi connectivity index (χ4v) is 3.96. The molecule has 0 radical (unpaired) electrons. The van der Waals surface area contributed by atoms with Gasteiger partial charge in [-0.25, -0.2) is 0 Å². The lowest BCUT2D eigenvalue weighted by Crippen LogP contribution is -2.34. The standard InChI is InChI=1S/C17H20N4O2S/c1-20(10-12-8-14(19-18-12)15-3-2-6-24-15)17(23)11-7-16(22)21(9-11)13-4-5-13/h2-3,6,8,11,13H,4-5,7,9-10H2,1H3,(H,18,19). The number of amides is 2. The maximum Gasteiger partial charge on any atom is 0.228 e. The van der Waals surface area contributed by atoms with Crippen LogP contribution < -0.4 is 0 Å². The van der Waals surface area contributed by atoms with Crippen LogP contribution in [-0.2, 0) is 16.1 Å². The molecule has 4 rings (SSSR count). The van der Waals surface area contributed by atoms with E-state index < -0.39 is 0 Å². The van der Waals surface area contributed by atoms with Crippen LogP contribution >= 0.6 is 11.3 Å². The summed E-state index contributed by atoms with van der Waals surface area (Å²) in [5.41, 5.74) is 1.80. The molecule has 0 spiro atoms. The quantitative estimate of drug-likeness (QED) is 0.903. The monoisotopic (exact) mass is 344 g/mol. The number of hydrogen-bond donors (Lipinski definition) is 1. The zero-order valence-corrected chi connectivity index (χ0v) is 14.4. The average molecular weight is 344 g/mol. The Morgan fingerprint density at radius 3 is 3.04 bits per heavy atom. The number of thiophene rings is 1. The van der Waals surface area contributed by atoms with E-state index >= 15 is 0 Å². The Morgan fingerprint density at radius 2 is 2.33 bits per heavy atom. The molecule has 3 heterocycles. The number of rotatable bonds is 5. The fraction of sp³-hybridized carbons (Fsp3) is 0.471. The van der Waals surface area contributed by atoms with E-state index in [-0.39, 0.29) is 17.7 Å². The number of aromatic nitrogens is 2. The van der Waals surface area contributed by atoms with Crippen LogP contribution in [0, 0.1) is 5.92 Å². The van der Waals surface area contributed by atoms with E-state index in [4.69, 9.17) is 0 Å². The average Bonchev–Trinajstić information content (AvgIpc) is 2.98. The minimum absolute atomic E-state index is 0.0405. The third-order valence-corrected chi connectivity index (χ3v) is 5.58. The van der Waals surface area contributed by atoms with E-state index in [2.05, 4.69) is 10.2 Å². The first-order valence-corrected chi connectivity index (χ1v) is 9.12. The van der Waals surface area contributed by atoms with Crippen LogP contribution in [-0.4, -0.2) is 51.4 Å². The van der Waals surface area contributed by atoms with Gasteiger partial charge in [0.1, 0.15) is 5.69 Å². The lowest BCUT2D eigenvalue weighted by molar-refractivity contribution is -0.135. The summed E-state index contributed by atoms with van der Waals surface area (Å²) in [6.45, 7) is 1.06. The molecule has 24 heavy (non-hydrogen) atoms. The van der Waals surface area contributed by atoms with Crippen LogP contribution in [0.4, 0.5) is 0 Å². The van der Waals surface area contributed by atoms with Gasteiger partial charge >= 0.3 is 0 Å². The number of likely N-dealkylation sites (tertiary alicyclic amines) is 1. The van der Waals surface area contributed by atoms with Crippen molar-refractivity contribution in [2.24, 2.45) is 5.92 Å². The lowest BCUT2D eigenvalue weighted by Gasteiger charge is -2.20. The molecule has 2 amide bonds. The molecule has 1 saturated heterocycles. The van der Waals surface area contributed by atoms with E-state index in [1.807, 2.05) is 28.5 Å². The second kappa shape index (κ2) is 6.05. The van der Waals surface area contributed by atoms with Gasteiger partial charge in [0, 0.05) is 26.1 Å². The molecule has 2 aromatic rings. The van der Waals surface area contributed by atoms with Crippen molar-refractivity contribution in [2.75, 3.05) is 13.6 Å². The summed E-state index contributed by atoms with van der Waals surface area (Å²) in [6, 6.07) is 6.39. The van der Waals surface area contributed by atoms with Crippen LogP contribution in [0.1, 0.15) is 25.0 Å². The topological polar surface area (TPSA) is 69.3 Å². The molecule has 2 fully saturated rings. The smallest absolute Gasteiger partial charge is 0.228 e. The lowest BCUT2D eigenvalue weighted by atomic mass is 10.1. The summed E-state index contributed by atoms with van der Waals surface area (Å²) in [5.74, 6) is -0.0349. The molecule has 1 atom stereocenters. The predicted octanol–water partition coefficient (Wildman–Crippen LogP) is 2.11. The van der Waals surface area contributed by atoms with E-state index in [1.165, 1.54) is 0 Å². The molecule has 2 aliphatic rings. The van der Waals surface area contributed by atoms with Gasteiger partial charge in [0.2, 0.25) is 11.8 Å². The molecule has 0 aromatic carbocycles. The highest BCUT2D eigenvalue weighted by Crippen LogP contribution is 2.33. The van der Waals surface area contributed by atoms with Crippen LogP contribution in [0.3, 0.4) is 0 Å². The fourth-order valence-electron chi connectivity index (χ4n) is 3.27. The second-order valence-electron chi connectivity index (χ2n) is 6.63. The van der Waals surface area contributed by atoms with Crippen LogP contribution in [0.2, 0.25) is 0 Å². The Kier molecular flexibility index (Phi) is 3.88. The van der Waals surface area contributed by atoms with Gasteiger partial charge in [-0.2, -0.15) is 5.10 Å². The number of hydrogen-bond acceptors (Lipinski definition) is 4. The molecule has 1 aliphatic heterocycles. The van der Waals surface area contributed by atoms with E-state index in [9.17, 15) is 9.59 Å². The first-order chi connectivity index (χ1) is 11.6. The number of carbonyl (C=O) groups is 2. The maximum atomic E-state index is 12.6. The van der Waals surface area contributed by atoms with Crippen LogP contribution in [0.5, 0.6) is 0 Å². The largest absolute Gasteiger partial charge is 0.340 e. The first-order valence-electron chi connectivity index (χ1n) is 8.24. The normalized spacial score (nSPS) is 20.6. The molecule has 1 aliphatic carbocycles. The Hall–Kier alpha value is -2.15. The molecule has 6 nitrogen and oxygen atoms in total. The third kappa shape index (κ3) is 2.96. The van der Waals surface area contributed by atoms with Gasteiger partial charge in [0.15, 0.2) is 0 Å². The first kappa shape index (κ1) is 15.4. The third-order valence-electron chi connectivity index (χ3n) is 4.68. The van der Waals surface area contributed by atoms with Crippen LogP contribution in [0.15, 0.2) is 23.6 Å². The van der Waals surface area contributed by atoms with Crippen molar-refractivity contribution in [1.29, 1.82) is 0 Å². The Balaban J connectivity index is 1.38. The molecule has 1 saturated carbocycles. The Labute approximate surface area is 144 Å². The molecular formula is C17H20N4O2S. The minimum atomic E-state index is -0.206. The van der Waals surface area contributed by atoms with Gasteiger partial charge in [-0.3, -0.25) is 14.7 Å². The van der Waals surface area contributed by atoms with Crippen molar-refractivity contribution in [3.8, 4) is 10.6 Å². The summed E-state index contributed by atoms with van der Waals surface area (Å²) in [4.78, 5) is 29.3. The highest BCUT2D eigenvalue weighted by atomic mass is 32.1. The molecular weight excluding hydrogens is 324 g/mol.